The topological polar surface area (TPSA) is 85.1 Å². The van der Waals surface area contributed by atoms with Gasteiger partial charge < -0.3 is 18.8 Å². The molecule has 34 heavy (non-hydrogen) atoms. The standard InChI is InChI=1S/C24H25N3O5S.ClH/c1-26(2)12-7-13-27(22(28)16-14-15-8-5-6-9-17(15)32-23(16)29)24-25-20-18(30-3)10-11-19(31-4)21(20)33-24;/h5-6,8-11,14H,7,12-13H2,1-4H3;1H. The molecule has 0 aliphatic rings. The van der Waals surface area contributed by atoms with Gasteiger partial charge in [0.25, 0.3) is 5.91 Å². The summed E-state index contributed by atoms with van der Waals surface area (Å²) in [6.45, 7) is 1.15. The van der Waals surface area contributed by atoms with Gasteiger partial charge in [-0.05, 0) is 51.3 Å². The Morgan fingerprint density at radius 3 is 2.47 bits per heavy atom. The molecule has 0 aliphatic heterocycles. The van der Waals surface area contributed by atoms with E-state index < -0.39 is 11.5 Å². The van der Waals surface area contributed by atoms with Crippen LogP contribution in [0, 0.1) is 0 Å². The minimum atomic E-state index is -0.674. The molecule has 2 aromatic heterocycles. The normalized spacial score (nSPS) is 11.0. The van der Waals surface area contributed by atoms with E-state index in [-0.39, 0.29) is 18.0 Å². The number of amides is 1. The number of anilines is 1. The van der Waals surface area contributed by atoms with Crippen molar-refractivity contribution in [3.8, 4) is 11.5 Å². The summed E-state index contributed by atoms with van der Waals surface area (Å²) in [4.78, 5) is 34.6. The van der Waals surface area contributed by atoms with Crippen molar-refractivity contribution >= 4 is 56.0 Å². The number of carbonyl (C=O) groups excluding carboxylic acids is 1. The number of hydrogen-bond acceptors (Lipinski definition) is 8. The summed E-state index contributed by atoms with van der Waals surface area (Å²) in [6, 6.07) is 12.3. The maximum absolute atomic E-state index is 13.6. The number of methoxy groups -OCH3 is 2. The Morgan fingerprint density at radius 2 is 1.76 bits per heavy atom. The Hall–Kier alpha value is -3.14. The molecule has 2 aromatic carbocycles. The maximum Gasteiger partial charge on any atom is 0.349 e. The van der Waals surface area contributed by atoms with Crippen LogP contribution in [0.25, 0.3) is 21.2 Å². The van der Waals surface area contributed by atoms with E-state index in [2.05, 4.69) is 0 Å². The minimum absolute atomic E-state index is 0. The van der Waals surface area contributed by atoms with E-state index in [0.29, 0.717) is 46.1 Å². The van der Waals surface area contributed by atoms with Crippen LogP contribution in [0.4, 0.5) is 5.13 Å². The van der Waals surface area contributed by atoms with Crippen LogP contribution in [0.5, 0.6) is 11.5 Å². The van der Waals surface area contributed by atoms with Crippen molar-refractivity contribution in [1.82, 2.24) is 9.88 Å². The van der Waals surface area contributed by atoms with Gasteiger partial charge in [-0.15, -0.1) is 12.4 Å². The third-order valence-electron chi connectivity index (χ3n) is 5.23. The van der Waals surface area contributed by atoms with Crippen LogP contribution < -0.4 is 20.0 Å². The molecule has 2 heterocycles. The van der Waals surface area contributed by atoms with Gasteiger partial charge in [0.1, 0.15) is 32.9 Å². The summed E-state index contributed by atoms with van der Waals surface area (Å²) in [5.41, 5.74) is 0.338. The minimum Gasteiger partial charge on any atom is -0.495 e. The lowest BCUT2D eigenvalue weighted by Gasteiger charge is -2.20. The molecule has 0 saturated carbocycles. The summed E-state index contributed by atoms with van der Waals surface area (Å²) < 4.78 is 17.1. The van der Waals surface area contributed by atoms with Crippen molar-refractivity contribution in [3.63, 3.8) is 0 Å². The number of hydrogen-bond donors (Lipinski definition) is 0. The molecular formula is C24H26ClN3O5S. The fourth-order valence-corrected chi connectivity index (χ4v) is 4.67. The summed E-state index contributed by atoms with van der Waals surface area (Å²) in [5.74, 6) is 0.768. The maximum atomic E-state index is 13.6. The first kappa shape index (κ1) is 25.5. The first-order valence-corrected chi connectivity index (χ1v) is 11.3. The van der Waals surface area contributed by atoms with Crippen molar-refractivity contribution in [2.24, 2.45) is 0 Å². The van der Waals surface area contributed by atoms with Crippen LogP contribution in [-0.2, 0) is 0 Å². The molecule has 180 valence electrons. The largest absolute Gasteiger partial charge is 0.495 e. The van der Waals surface area contributed by atoms with Gasteiger partial charge in [0.15, 0.2) is 5.13 Å². The Labute approximate surface area is 207 Å². The zero-order chi connectivity index (χ0) is 23.5. The van der Waals surface area contributed by atoms with Crippen LogP contribution in [0.3, 0.4) is 0 Å². The third-order valence-corrected chi connectivity index (χ3v) is 6.33. The molecule has 0 N–H and O–H groups in total. The van der Waals surface area contributed by atoms with Crippen molar-refractivity contribution in [2.45, 2.75) is 6.42 Å². The zero-order valence-corrected chi connectivity index (χ0v) is 21.0. The van der Waals surface area contributed by atoms with Crippen LogP contribution in [0.2, 0.25) is 0 Å². The molecular weight excluding hydrogens is 478 g/mol. The molecule has 4 aromatic rings. The first-order valence-electron chi connectivity index (χ1n) is 10.4. The van der Waals surface area contributed by atoms with E-state index in [1.54, 1.807) is 50.6 Å². The molecule has 0 aliphatic carbocycles. The van der Waals surface area contributed by atoms with Gasteiger partial charge in [0.2, 0.25) is 0 Å². The number of benzene rings is 2. The van der Waals surface area contributed by atoms with Crippen molar-refractivity contribution in [3.05, 3.63) is 58.4 Å². The lowest BCUT2D eigenvalue weighted by molar-refractivity contribution is 0.0982. The monoisotopic (exact) mass is 503 g/mol. The number of halogens is 1. The summed E-state index contributed by atoms with van der Waals surface area (Å²) >= 11 is 1.32. The average molecular weight is 504 g/mol. The molecule has 0 radical (unpaired) electrons. The Bertz CT molecular complexity index is 1330. The van der Waals surface area contributed by atoms with Crippen molar-refractivity contribution in [1.29, 1.82) is 0 Å². The van der Waals surface area contributed by atoms with Gasteiger partial charge in [-0.1, -0.05) is 29.5 Å². The lowest BCUT2D eigenvalue weighted by Crippen LogP contribution is -2.36. The van der Waals surface area contributed by atoms with Gasteiger partial charge >= 0.3 is 5.63 Å². The SMILES string of the molecule is COc1ccc(OC)c2sc(N(CCCN(C)C)C(=O)c3cc4ccccc4oc3=O)nc12.Cl. The number of nitrogens with zero attached hydrogens (tertiary/aromatic N) is 3. The van der Waals surface area contributed by atoms with Crippen LogP contribution in [-0.4, -0.2) is 57.2 Å². The van der Waals surface area contributed by atoms with Gasteiger partial charge in [-0.3, -0.25) is 9.69 Å². The van der Waals surface area contributed by atoms with E-state index in [4.69, 9.17) is 18.9 Å². The average Bonchev–Trinajstić information content (AvgIpc) is 3.25. The van der Waals surface area contributed by atoms with E-state index in [1.807, 2.05) is 25.1 Å². The van der Waals surface area contributed by atoms with E-state index in [1.165, 1.54) is 16.2 Å². The predicted octanol–water partition coefficient (Wildman–Crippen LogP) is 4.44. The Morgan fingerprint density at radius 1 is 1.06 bits per heavy atom. The molecule has 4 rings (SSSR count). The molecule has 1 amide bonds. The fourth-order valence-electron chi connectivity index (χ4n) is 3.58. The van der Waals surface area contributed by atoms with E-state index >= 15 is 0 Å². The number of carbonyl (C=O) groups is 1. The number of aromatic nitrogens is 1. The second-order valence-electron chi connectivity index (χ2n) is 7.74. The molecule has 8 nitrogen and oxygen atoms in total. The molecule has 0 spiro atoms. The number of para-hydroxylation sites is 1. The zero-order valence-electron chi connectivity index (χ0n) is 19.4. The third kappa shape index (κ3) is 5.01. The number of thiazole rings is 1. The second-order valence-corrected chi connectivity index (χ2v) is 8.72. The van der Waals surface area contributed by atoms with Gasteiger partial charge in [0.05, 0.1) is 14.2 Å². The number of rotatable bonds is 8. The quantitative estimate of drug-likeness (QED) is 0.328. The second kappa shape index (κ2) is 10.9. The lowest BCUT2D eigenvalue weighted by atomic mass is 10.1. The molecule has 0 saturated heterocycles. The molecule has 0 fully saturated rings. The highest BCUT2D eigenvalue weighted by Gasteiger charge is 2.26. The van der Waals surface area contributed by atoms with Gasteiger partial charge in [0, 0.05) is 11.9 Å². The highest BCUT2D eigenvalue weighted by atomic mass is 35.5. The molecule has 10 heteroatoms. The summed E-state index contributed by atoms with van der Waals surface area (Å²) in [6.07, 6.45) is 0.696. The highest BCUT2D eigenvalue weighted by molar-refractivity contribution is 7.22. The van der Waals surface area contributed by atoms with Crippen molar-refractivity contribution < 1.29 is 18.7 Å². The van der Waals surface area contributed by atoms with Crippen LogP contribution >= 0.6 is 23.7 Å². The smallest absolute Gasteiger partial charge is 0.349 e. The highest BCUT2D eigenvalue weighted by Crippen LogP contribution is 2.40. The van der Waals surface area contributed by atoms with Gasteiger partial charge in [-0.25, -0.2) is 9.78 Å². The molecule has 0 unspecified atom stereocenters. The summed E-state index contributed by atoms with van der Waals surface area (Å²) in [5, 5.41) is 1.14. The van der Waals surface area contributed by atoms with Crippen LogP contribution in [0.15, 0.2) is 51.7 Å². The molecule has 0 bridgehead atoms. The number of fused-ring (bicyclic) bond motifs is 2. The van der Waals surface area contributed by atoms with Crippen molar-refractivity contribution in [2.75, 3.05) is 46.3 Å². The fraction of sp³-hybridized carbons (Fsp3) is 0.292. The van der Waals surface area contributed by atoms with Crippen LogP contribution in [0.1, 0.15) is 16.8 Å². The Balaban J connectivity index is 0.00000324. The Kier molecular flexibility index (Phi) is 8.14. The van der Waals surface area contributed by atoms with E-state index in [0.717, 1.165) is 11.2 Å². The number of ether oxygens (including phenoxy) is 2. The van der Waals surface area contributed by atoms with Gasteiger partial charge in [-0.2, -0.15) is 0 Å². The first-order chi connectivity index (χ1) is 15.9. The predicted molar refractivity (Wildman–Crippen MR) is 137 cm³/mol. The van der Waals surface area contributed by atoms with E-state index in [9.17, 15) is 9.59 Å². The molecule has 0 atom stereocenters. The summed E-state index contributed by atoms with van der Waals surface area (Å²) in [7, 11) is 7.09.